The lowest BCUT2D eigenvalue weighted by Crippen LogP contribution is -2.44. The van der Waals surface area contributed by atoms with Gasteiger partial charge in [-0.25, -0.2) is 4.79 Å². The average Bonchev–Trinajstić information content (AvgIpc) is 3.15. The molecular formula is C19H19F6N3O4. The maximum atomic E-state index is 12.2. The summed E-state index contributed by atoms with van der Waals surface area (Å²) in [4.78, 5) is 13.3. The summed E-state index contributed by atoms with van der Waals surface area (Å²) in [6, 6.07) is 5.43. The molecule has 2 fully saturated rings. The van der Waals surface area contributed by atoms with Gasteiger partial charge in [0.05, 0.1) is 0 Å². The molecular weight excluding hydrogens is 448 g/mol. The summed E-state index contributed by atoms with van der Waals surface area (Å²) in [6.45, 7) is 2.13. The Kier molecular flexibility index (Phi) is 6.67. The zero-order valence-electron chi connectivity index (χ0n) is 16.5. The normalized spacial score (nSPS) is 18.4. The van der Waals surface area contributed by atoms with Crippen LogP contribution in [0.15, 0.2) is 28.8 Å². The summed E-state index contributed by atoms with van der Waals surface area (Å²) in [7, 11) is 0. The molecule has 0 radical (unpaired) electrons. The van der Waals surface area contributed by atoms with Crippen LogP contribution in [0, 0.1) is 5.41 Å². The molecule has 0 atom stereocenters. The highest BCUT2D eigenvalue weighted by Gasteiger charge is 2.46. The maximum Gasteiger partial charge on any atom is 0.573 e. The average molecular weight is 467 g/mol. The van der Waals surface area contributed by atoms with Crippen LogP contribution in [0.1, 0.15) is 37.4 Å². The Balaban J connectivity index is 0.000000360. The summed E-state index contributed by atoms with van der Waals surface area (Å²) >= 11 is 0. The number of alkyl halides is 6. The topological polar surface area (TPSA) is 97.5 Å². The van der Waals surface area contributed by atoms with Crippen LogP contribution in [-0.4, -0.2) is 46.8 Å². The van der Waals surface area contributed by atoms with E-state index < -0.39 is 18.5 Å². The van der Waals surface area contributed by atoms with E-state index in [0.717, 1.165) is 25.9 Å². The fourth-order valence-electron chi connectivity index (χ4n) is 3.85. The Morgan fingerprint density at radius 1 is 1.09 bits per heavy atom. The van der Waals surface area contributed by atoms with E-state index in [1.54, 1.807) is 0 Å². The van der Waals surface area contributed by atoms with Crippen molar-refractivity contribution in [3.63, 3.8) is 0 Å². The van der Waals surface area contributed by atoms with Gasteiger partial charge < -0.3 is 19.7 Å². The summed E-state index contributed by atoms with van der Waals surface area (Å²) in [5.74, 6) is -1.71. The number of aromatic nitrogens is 2. The molecule has 2 aliphatic rings. The predicted octanol–water partition coefficient (Wildman–Crippen LogP) is 4.52. The molecule has 1 aromatic carbocycles. The second-order valence-corrected chi connectivity index (χ2v) is 7.69. The molecule has 13 heteroatoms. The first kappa shape index (κ1) is 23.8. The molecule has 7 nitrogen and oxygen atoms in total. The fourth-order valence-corrected chi connectivity index (χ4v) is 3.85. The van der Waals surface area contributed by atoms with E-state index >= 15 is 0 Å². The van der Waals surface area contributed by atoms with Crippen LogP contribution in [0.2, 0.25) is 0 Å². The molecule has 176 valence electrons. The largest absolute Gasteiger partial charge is 0.573 e. The number of nitrogens with one attached hydrogen (secondary N) is 1. The van der Waals surface area contributed by atoms with Crippen LogP contribution >= 0.6 is 0 Å². The van der Waals surface area contributed by atoms with Crippen LogP contribution in [0.4, 0.5) is 26.3 Å². The number of halogens is 6. The van der Waals surface area contributed by atoms with Crippen molar-refractivity contribution in [3.8, 4) is 17.2 Å². The van der Waals surface area contributed by atoms with Crippen LogP contribution in [-0.2, 0) is 4.79 Å². The number of ether oxygens (including phenoxy) is 1. The van der Waals surface area contributed by atoms with Gasteiger partial charge in [0.15, 0.2) is 5.82 Å². The number of aliphatic carboxylic acids is 1. The number of hydrogen-bond acceptors (Lipinski definition) is 6. The summed E-state index contributed by atoms with van der Waals surface area (Å²) in [5.41, 5.74) is 0.997. The van der Waals surface area contributed by atoms with Crippen molar-refractivity contribution in [1.29, 1.82) is 0 Å². The van der Waals surface area contributed by atoms with E-state index in [1.807, 2.05) is 0 Å². The molecule has 0 bridgehead atoms. The van der Waals surface area contributed by atoms with Crippen molar-refractivity contribution in [2.45, 2.75) is 44.1 Å². The smallest absolute Gasteiger partial charge is 0.475 e. The van der Waals surface area contributed by atoms with Gasteiger partial charge in [-0.3, -0.25) is 0 Å². The van der Waals surface area contributed by atoms with Gasteiger partial charge in [-0.05, 0) is 68.5 Å². The molecule has 1 saturated carbocycles. The zero-order chi connectivity index (χ0) is 23.6. The Labute approximate surface area is 177 Å². The summed E-state index contributed by atoms with van der Waals surface area (Å²) in [5, 5.41) is 14.6. The van der Waals surface area contributed by atoms with Gasteiger partial charge in [-0.15, -0.1) is 13.2 Å². The van der Waals surface area contributed by atoms with Gasteiger partial charge in [0.25, 0.3) is 5.89 Å². The van der Waals surface area contributed by atoms with E-state index in [9.17, 15) is 26.3 Å². The summed E-state index contributed by atoms with van der Waals surface area (Å²) < 4.78 is 77.4. The van der Waals surface area contributed by atoms with Gasteiger partial charge in [0, 0.05) is 11.5 Å². The lowest BCUT2D eigenvalue weighted by molar-refractivity contribution is -0.274. The number of nitrogens with zero attached hydrogens (tertiary/aromatic N) is 2. The predicted molar refractivity (Wildman–Crippen MR) is 96.6 cm³/mol. The first-order valence-corrected chi connectivity index (χ1v) is 9.58. The quantitative estimate of drug-likeness (QED) is 0.641. The van der Waals surface area contributed by atoms with Gasteiger partial charge >= 0.3 is 18.5 Å². The molecule has 1 saturated heterocycles. The molecule has 1 aliphatic carbocycles. The molecule has 2 aromatic rings. The van der Waals surface area contributed by atoms with Gasteiger partial charge in [-0.2, -0.15) is 18.2 Å². The third-order valence-electron chi connectivity index (χ3n) is 5.41. The monoisotopic (exact) mass is 467 g/mol. The van der Waals surface area contributed by atoms with Crippen molar-refractivity contribution < 1.29 is 45.5 Å². The minimum absolute atomic E-state index is 0.275. The van der Waals surface area contributed by atoms with E-state index in [0.29, 0.717) is 28.6 Å². The highest BCUT2D eigenvalue weighted by molar-refractivity contribution is 5.73. The molecule has 1 aliphatic heterocycles. The molecule has 2 N–H and O–H groups in total. The van der Waals surface area contributed by atoms with Crippen molar-refractivity contribution in [2.75, 3.05) is 13.1 Å². The molecule has 2 heterocycles. The number of piperidine rings is 1. The fraction of sp³-hybridized carbons (Fsp3) is 0.526. The molecule has 32 heavy (non-hydrogen) atoms. The molecule has 1 spiro atoms. The lowest BCUT2D eigenvalue weighted by Gasteiger charge is -2.49. The Morgan fingerprint density at radius 3 is 2.16 bits per heavy atom. The SMILES string of the molecule is FC(F)(F)Oc1ccc(-c2nc(C3CC4(CCNCC4)C3)no2)cc1.O=C(O)C(F)(F)F. The second-order valence-electron chi connectivity index (χ2n) is 7.69. The first-order chi connectivity index (χ1) is 14.9. The highest BCUT2D eigenvalue weighted by Crippen LogP contribution is 2.55. The first-order valence-electron chi connectivity index (χ1n) is 9.58. The minimum atomic E-state index is -5.08. The van der Waals surface area contributed by atoms with Crippen molar-refractivity contribution in [3.05, 3.63) is 30.1 Å². The number of carboxylic acids is 1. The van der Waals surface area contributed by atoms with Gasteiger partial charge in [0.1, 0.15) is 5.75 Å². The molecule has 0 amide bonds. The third kappa shape index (κ3) is 6.11. The number of hydrogen-bond donors (Lipinski definition) is 2. The molecule has 1 aromatic heterocycles. The van der Waals surface area contributed by atoms with Crippen molar-refractivity contribution in [1.82, 2.24) is 15.5 Å². The molecule has 0 unspecified atom stereocenters. The van der Waals surface area contributed by atoms with Gasteiger partial charge in [0.2, 0.25) is 0 Å². The van der Waals surface area contributed by atoms with Crippen molar-refractivity contribution >= 4 is 5.97 Å². The van der Waals surface area contributed by atoms with E-state index in [2.05, 4.69) is 20.2 Å². The standard InChI is InChI=1S/C17H18F3N3O2.C2HF3O2/c18-17(19,20)24-13-3-1-11(2-4-13)15-22-14(23-25-15)12-9-16(10-12)5-7-21-8-6-16;3-2(4,5)1(6)7/h1-4,12,21H,5-10H2;(H,6,7). The van der Waals surface area contributed by atoms with Crippen molar-refractivity contribution in [2.24, 2.45) is 5.41 Å². The van der Waals surface area contributed by atoms with Crippen LogP contribution in [0.3, 0.4) is 0 Å². The lowest BCUT2D eigenvalue weighted by atomic mass is 9.57. The van der Waals surface area contributed by atoms with E-state index in [-0.39, 0.29) is 5.75 Å². The van der Waals surface area contributed by atoms with E-state index in [4.69, 9.17) is 14.4 Å². The van der Waals surface area contributed by atoms with Crippen LogP contribution < -0.4 is 10.1 Å². The molecule has 4 rings (SSSR count). The van der Waals surface area contributed by atoms with Crippen LogP contribution in [0.25, 0.3) is 11.5 Å². The number of benzene rings is 1. The van der Waals surface area contributed by atoms with Gasteiger partial charge in [-0.1, -0.05) is 5.16 Å². The zero-order valence-corrected chi connectivity index (χ0v) is 16.5. The Hall–Kier alpha value is -2.83. The maximum absolute atomic E-state index is 12.2. The Bertz CT molecular complexity index is 912. The third-order valence-corrected chi connectivity index (χ3v) is 5.41. The minimum Gasteiger partial charge on any atom is -0.475 e. The second kappa shape index (κ2) is 8.96. The number of rotatable bonds is 3. The van der Waals surface area contributed by atoms with E-state index in [1.165, 1.54) is 37.1 Å². The summed E-state index contributed by atoms with van der Waals surface area (Å²) in [6.07, 6.45) is -5.25. The Morgan fingerprint density at radius 2 is 1.66 bits per heavy atom. The van der Waals surface area contributed by atoms with Crippen LogP contribution in [0.5, 0.6) is 5.75 Å². The highest BCUT2D eigenvalue weighted by atomic mass is 19.4. The number of carboxylic acid groups (broad SMARTS) is 1. The number of carbonyl (C=O) groups is 1.